The highest BCUT2D eigenvalue weighted by atomic mass is 16.3. The van der Waals surface area contributed by atoms with Crippen molar-refractivity contribution in [1.29, 1.82) is 0 Å². The van der Waals surface area contributed by atoms with Crippen molar-refractivity contribution < 1.29 is 9.90 Å². The third-order valence-electron chi connectivity index (χ3n) is 3.45. The van der Waals surface area contributed by atoms with Gasteiger partial charge in [-0.2, -0.15) is 0 Å². The Morgan fingerprint density at radius 3 is 2.83 bits per heavy atom. The maximum atomic E-state index is 11.8. The highest BCUT2D eigenvalue weighted by Gasteiger charge is 2.38. The number of rotatable bonds is 5. The topological polar surface area (TPSA) is 61.4 Å². The predicted octanol–water partition coefficient (Wildman–Crippen LogP) is 1.04. The van der Waals surface area contributed by atoms with Crippen LogP contribution in [0.25, 0.3) is 0 Å². The van der Waals surface area contributed by atoms with Gasteiger partial charge in [-0.3, -0.25) is 4.79 Å². The Kier molecular flexibility index (Phi) is 3.68. The maximum Gasteiger partial charge on any atom is 0.234 e. The number of nitrogens with one attached hydrogen (secondary N) is 2. The van der Waals surface area contributed by atoms with Crippen molar-refractivity contribution in [2.75, 3.05) is 25.0 Å². The summed E-state index contributed by atoms with van der Waals surface area (Å²) < 4.78 is 0. The van der Waals surface area contributed by atoms with Gasteiger partial charge in [0.2, 0.25) is 5.91 Å². The van der Waals surface area contributed by atoms with Crippen LogP contribution < -0.4 is 10.6 Å². The molecule has 1 aliphatic heterocycles. The smallest absolute Gasteiger partial charge is 0.234 e. The third kappa shape index (κ3) is 2.40. The Bertz CT molecular complexity index is 455. The molecule has 2 rings (SSSR count). The van der Waals surface area contributed by atoms with Gasteiger partial charge in [0.05, 0.1) is 12.0 Å². The largest absolute Gasteiger partial charge is 0.395 e. The predicted molar refractivity (Wildman–Crippen MR) is 71.8 cm³/mol. The molecule has 0 radical (unpaired) electrons. The number of hydrogen-bond acceptors (Lipinski definition) is 3. The molecule has 4 heteroatoms. The van der Waals surface area contributed by atoms with E-state index in [0.717, 1.165) is 24.2 Å². The molecule has 0 bridgehead atoms. The molecule has 0 fully saturated rings. The Morgan fingerprint density at radius 2 is 2.11 bits per heavy atom. The molecule has 0 aliphatic carbocycles. The van der Waals surface area contributed by atoms with E-state index < -0.39 is 5.41 Å². The summed E-state index contributed by atoms with van der Waals surface area (Å²) in [7, 11) is 0. The summed E-state index contributed by atoms with van der Waals surface area (Å²) in [5, 5.41) is 14.7. The van der Waals surface area contributed by atoms with Gasteiger partial charge in [-0.05, 0) is 44.0 Å². The van der Waals surface area contributed by atoms with E-state index >= 15 is 0 Å². The monoisotopic (exact) mass is 248 g/mol. The molecule has 0 saturated heterocycles. The van der Waals surface area contributed by atoms with Gasteiger partial charge in [0.1, 0.15) is 0 Å². The van der Waals surface area contributed by atoms with Gasteiger partial charge in [-0.1, -0.05) is 12.1 Å². The Labute approximate surface area is 107 Å². The highest BCUT2D eigenvalue weighted by Crippen LogP contribution is 2.37. The first kappa shape index (κ1) is 13.1. The second kappa shape index (κ2) is 5.08. The molecule has 0 aromatic heterocycles. The van der Waals surface area contributed by atoms with E-state index in [9.17, 15) is 4.79 Å². The molecule has 18 heavy (non-hydrogen) atoms. The number of aliphatic hydroxyl groups excluding tert-OH is 1. The number of fused-ring (bicyclic) bond motifs is 1. The van der Waals surface area contributed by atoms with E-state index in [-0.39, 0.29) is 12.5 Å². The van der Waals surface area contributed by atoms with Crippen LogP contribution in [-0.4, -0.2) is 30.7 Å². The number of carbonyl (C=O) groups excluding carboxylic acids is 1. The van der Waals surface area contributed by atoms with Crippen LogP contribution in [0.3, 0.4) is 0 Å². The lowest BCUT2D eigenvalue weighted by Crippen LogP contribution is -2.27. The molecule has 3 N–H and O–H groups in total. The van der Waals surface area contributed by atoms with Gasteiger partial charge >= 0.3 is 0 Å². The molecule has 0 saturated carbocycles. The van der Waals surface area contributed by atoms with Crippen molar-refractivity contribution in [1.82, 2.24) is 5.32 Å². The molecule has 1 heterocycles. The fraction of sp³-hybridized carbons (Fsp3) is 0.500. The summed E-state index contributed by atoms with van der Waals surface area (Å²) >= 11 is 0. The van der Waals surface area contributed by atoms with Crippen LogP contribution in [0.1, 0.15) is 25.0 Å². The SMILES string of the molecule is CC1(C)C(=O)Nc2ccc(CCNCCO)cc21. The number of hydrogen-bond donors (Lipinski definition) is 3. The van der Waals surface area contributed by atoms with Crippen molar-refractivity contribution in [3.05, 3.63) is 29.3 Å². The zero-order valence-corrected chi connectivity index (χ0v) is 10.9. The minimum Gasteiger partial charge on any atom is -0.395 e. The van der Waals surface area contributed by atoms with Gasteiger partial charge < -0.3 is 15.7 Å². The van der Waals surface area contributed by atoms with Crippen molar-refractivity contribution >= 4 is 11.6 Å². The lowest BCUT2D eigenvalue weighted by Gasteiger charge is -2.15. The van der Waals surface area contributed by atoms with Crippen LogP contribution in [0.15, 0.2) is 18.2 Å². The second-order valence-electron chi connectivity index (χ2n) is 5.18. The van der Waals surface area contributed by atoms with Crippen LogP contribution >= 0.6 is 0 Å². The van der Waals surface area contributed by atoms with Crippen LogP contribution in [-0.2, 0) is 16.6 Å². The Morgan fingerprint density at radius 1 is 1.33 bits per heavy atom. The summed E-state index contributed by atoms with van der Waals surface area (Å²) in [4.78, 5) is 11.8. The van der Waals surface area contributed by atoms with Crippen molar-refractivity contribution in [3.8, 4) is 0 Å². The molecule has 4 nitrogen and oxygen atoms in total. The molecule has 1 amide bonds. The van der Waals surface area contributed by atoms with E-state index in [1.54, 1.807) is 0 Å². The van der Waals surface area contributed by atoms with E-state index in [1.165, 1.54) is 5.56 Å². The average Bonchev–Trinajstić information content (AvgIpc) is 2.57. The van der Waals surface area contributed by atoms with Crippen molar-refractivity contribution in [2.24, 2.45) is 0 Å². The van der Waals surface area contributed by atoms with Crippen molar-refractivity contribution in [3.63, 3.8) is 0 Å². The number of anilines is 1. The molecular weight excluding hydrogens is 228 g/mol. The first-order valence-corrected chi connectivity index (χ1v) is 6.32. The number of aliphatic hydroxyl groups is 1. The Balaban J connectivity index is 2.09. The molecule has 1 aliphatic rings. The number of amides is 1. The van der Waals surface area contributed by atoms with Gasteiger partial charge in [0.25, 0.3) is 0 Å². The number of carbonyl (C=O) groups is 1. The van der Waals surface area contributed by atoms with Gasteiger partial charge in [0.15, 0.2) is 0 Å². The standard InChI is InChI=1S/C14H20N2O2/c1-14(2)11-9-10(5-6-15-7-8-17)3-4-12(11)16-13(14)18/h3-4,9,15,17H,5-8H2,1-2H3,(H,16,18). The minimum absolute atomic E-state index is 0.0630. The van der Waals surface area contributed by atoms with Crippen LogP contribution in [0.5, 0.6) is 0 Å². The quantitative estimate of drug-likeness (QED) is 0.682. The fourth-order valence-corrected chi connectivity index (χ4v) is 2.21. The number of benzene rings is 1. The zero-order valence-electron chi connectivity index (χ0n) is 10.9. The zero-order chi connectivity index (χ0) is 13.2. The highest BCUT2D eigenvalue weighted by molar-refractivity contribution is 6.05. The average molecular weight is 248 g/mol. The van der Waals surface area contributed by atoms with Crippen LogP contribution in [0.2, 0.25) is 0 Å². The molecular formula is C14H20N2O2. The maximum absolute atomic E-state index is 11.8. The lowest BCUT2D eigenvalue weighted by molar-refractivity contribution is -0.119. The lowest BCUT2D eigenvalue weighted by atomic mass is 9.85. The van der Waals surface area contributed by atoms with E-state index in [0.29, 0.717) is 6.54 Å². The molecule has 1 aromatic rings. The third-order valence-corrected chi connectivity index (χ3v) is 3.45. The van der Waals surface area contributed by atoms with E-state index in [2.05, 4.69) is 16.7 Å². The Hall–Kier alpha value is -1.39. The molecule has 1 aromatic carbocycles. The van der Waals surface area contributed by atoms with Gasteiger partial charge in [0, 0.05) is 12.2 Å². The van der Waals surface area contributed by atoms with E-state index in [1.807, 2.05) is 26.0 Å². The minimum atomic E-state index is -0.441. The first-order valence-electron chi connectivity index (χ1n) is 6.32. The molecule has 0 spiro atoms. The van der Waals surface area contributed by atoms with Crippen LogP contribution in [0.4, 0.5) is 5.69 Å². The first-order chi connectivity index (χ1) is 8.55. The summed E-state index contributed by atoms with van der Waals surface area (Å²) in [5.41, 5.74) is 2.78. The van der Waals surface area contributed by atoms with Gasteiger partial charge in [-0.25, -0.2) is 0 Å². The normalized spacial score (nSPS) is 16.5. The van der Waals surface area contributed by atoms with Crippen molar-refractivity contribution in [2.45, 2.75) is 25.7 Å². The van der Waals surface area contributed by atoms with E-state index in [4.69, 9.17) is 5.11 Å². The molecule has 98 valence electrons. The summed E-state index contributed by atoms with van der Waals surface area (Å²) in [6, 6.07) is 6.12. The molecule has 0 unspecified atom stereocenters. The summed E-state index contributed by atoms with van der Waals surface area (Å²) in [6.45, 7) is 5.51. The van der Waals surface area contributed by atoms with Crippen LogP contribution in [0, 0.1) is 0 Å². The summed E-state index contributed by atoms with van der Waals surface area (Å²) in [6.07, 6.45) is 0.900. The summed E-state index contributed by atoms with van der Waals surface area (Å²) in [5.74, 6) is 0.0630. The second-order valence-corrected chi connectivity index (χ2v) is 5.18. The van der Waals surface area contributed by atoms with Gasteiger partial charge in [-0.15, -0.1) is 0 Å². The fourth-order valence-electron chi connectivity index (χ4n) is 2.21. The molecule has 0 atom stereocenters.